The molecule has 2 aromatic carbocycles. The number of sulfonamides is 1. The minimum absolute atomic E-state index is 0.0645. The van der Waals surface area contributed by atoms with Crippen molar-refractivity contribution >= 4 is 27.3 Å². The fraction of sp³-hybridized carbons (Fsp3) is 0.278. The summed E-state index contributed by atoms with van der Waals surface area (Å²) in [5, 5.41) is 13.8. The van der Waals surface area contributed by atoms with Crippen molar-refractivity contribution in [3.63, 3.8) is 0 Å². The molecule has 0 heterocycles. The molecule has 1 N–H and O–H groups in total. The predicted molar refractivity (Wildman–Crippen MR) is 103 cm³/mol. The molecule has 0 radical (unpaired) electrons. The van der Waals surface area contributed by atoms with Crippen molar-refractivity contribution in [3.05, 3.63) is 70.3 Å². The molecule has 2 rings (SSSR count). The number of hydrogen-bond donors (Lipinski definition) is 1. The van der Waals surface area contributed by atoms with Gasteiger partial charge < -0.3 is 5.32 Å². The van der Waals surface area contributed by atoms with Gasteiger partial charge in [0, 0.05) is 12.1 Å². The van der Waals surface area contributed by atoms with Gasteiger partial charge >= 0.3 is 0 Å². The maximum absolute atomic E-state index is 12.5. The number of carbonyl (C=O) groups excluding carboxylic acids is 1. The Bertz CT molecular complexity index is 916. The van der Waals surface area contributed by atoms with Crippen LogP contribution >= 0.6 is 0 Å². The highest BCUT2D eigenvalue weighted by atomic mass is 32.2. The van der Waals surface area contributed by atoms with E-state index in [0.717, 1.165) is 22.2 Å². The lowest BCUT2D eigenvalue weighted by Crippen LogP contribution is -2.41. The second-order valence-corrected chi connectivity index (χ2v) is 7.89. The number of carbonyl (C=O) groups is 1. The number of hydrogen-bond acceptors (Lipinski definition) is 5. The average Bonchev–Trinajstić information content (AvgIpc) is 2.64. The van der Waals surface area contributed by atoms with Crippen LogP contribution in [-0.2, 0) is 14.8 Å². The lowest BCUT2D eigenvalue weighted by atomic mass is 10.0. The van der Waals surface area contributed by atoms with Gasteiger partial charge in [0.25, 0.3) is 5.69 Å². The summed E-state index contributed by atoms with van der Waals surface area (Å²) in [6, 6.07) is 14.3. The van der Waals surface area contributed by atoms with Gasteiger partial charge in [-0.25, -0.2) is 8.42 Å². The molecule has 144 valence electrons. The summed E-state index contributed by atoms with van der Waals surface area (Å²) in [5.41, 5.74) is 0.724. The molecule has 0 aliphatic heterocycles. The topological polar surface area (TPSA) is 110 Å². The Balaban J connectivity index is 2.23. The second-order valence-electron chi connectivity index (χ2n) is 5.99. The zero-order chi connectivity index (χ0) is 20.0. The molecule has 1 amide bonds. The summed E-state index contributed by atoms with van der Waals surface area (Å²) < 4.78 is 25.2. The van der Waals surface area contributed by atoms with Gasteiger partial charge in [0.2, 0.25) is 15.9 Å². The maximum atomic E-state index is 12.5. The first-order chi connectivity index (χ1) is 12.7. The van der Waals surface area contributed by atoms with Crippen LogP contribution in [0.5, 0.6) is 0 Å². The molecule has 1 unspecified atom stereocenters. The first kappa shape index (κ1) is 20.4. The molecule has 0 spiro atoms. The van der Waals surface area contributed by atoms with E-state index in [1.807, 2.05) is 37.3 Å². The van der Waals surface area contributed by atoms with E-state index >= 15 is 0 Å². The monoisotopic (exact) mass is 391 g/mol. The van der Waals surface area contributed by atoms with Crippen LogP contribution in [0.2, 0.25) is 0 Å². The van der Waals surface area contributed by atoms with Crippen molar-refractivity contribution in [1.82, 2.24) is 5.32 Å². The Hall–Kier alpha value is -2.94. The number of nitro groups is 1. The molecular formula is C18H21N3O5S. The number of amides is 1. The number of benzene rings is 2. The van der Waals surface area contributed by atoms with Crippen molar-refractivity contribution in [2.75, 3.05) is 17.1 Å². The van der Waals surface area contributed by atoms with Crippen LogP contribution in [0.25, 0.3) is 0 Å². The van der Waals surface area contributed by atoms with Gasteiger partial charge in [0.15, 0.2) is 0 Å². The Morgan fingerprint density at radius 2 is 1.85 bits per heavy atom. The van der Waals surface area contributed by atoms with E-state index in [1.165, 1.54) is 18.2 Å². The molecule has 1 atom stereocenters. The number of non-ortho nitro benzene ring substituents is 1. The lowest BCUT2D eigenvalue weighted by molar-refractivity contribution is -0.384. The minimum atomic E-state index is -3.81. The Labute approximate surface area is 158 Å². The smallest absolute Gasteiger partial charge is 0.271 e. The normalized spacial score (nSPS) is 12.2. The second kappa shape index (κ2) is 8.63. The lowest BCUT2D eigenvalue weighted by Gasteiger charge is -2.24. The van der Waals surface area contributed by atoms with E-state index in [0.29, 0.717) is 6.42 Å². The van der Waals surface area contributed by atoms with Gasteiger partial charge in [-0.2, -0.15) is 0 Å². The van der Waals surface area contributed by atoms with Crippen molar-refractivity contribution in [2.45, 2.75) is 19.4 Å². The van der Waals surface area contributed by atoms with Crippen molar-refractivity contribution in [1.29, 1.82) is 0 Å². The minimum Gasteiger partial charge on any atom is -0.348 e. The third-order valence-electron chi connectivity index (χ3n) is 3.96. The van der Waals surface area contributed by atoms with Crippen LogP contribution in [0.4, 0.5) is 11.4 Å². The quantitative estimate of drug-likeness (QED) is 0.549. The summed E-state index contributed by atoms with van der Waals surface area (Å²) in [6.07, 6.45) is 1.58. The number of nitrogens with one attached hydrogen (secondary N) is 1. The van der Waals surface area contributed by atoms with Crippen LogP contribution in [0, 0.1) is 10.1 Å². The molecule has 0 aliphatic rings. The Morgan fingerprint density at radius 3 is 2.41 bits per heavy atom. The number of anilines is 1. The van der Waals surface area contributed by atoms with E-state index in [9.17, 15) is 23.3 Å². The molecule has 0 aliphatic carbocycles. The summed E-state index contributed by atoms with van der Waals surface area (Å²) in [5.74, 6) is -0.498. The molecule has 0 bridgehead atoms. The predicted octanol–water partition coefficient (Wildman–Crippen LogP) is 2.63. The molecule has 9 heteroatoms. The standard InChI is InChI=1S/C18H21N3O5S/c1-3-17(14-8-5-4-6-9-14)19-18(22)13-20(27(2,25)26)15-10-7-11-16(12-15)21(23)24/h4-12,17H,3,13H2,1-2H3,(H,19,22). The SMILES string of the molecule is CCC(NC(=O)CN(c1cccc([N+](=O)[O-])c1)S(C)(=O)=O)c1ccccc1. The van der Waals surface area contributed by atoms with Crippen LogP contribution in [0.3, 0.4) is 0 Å². The highest BCUT2D eigenvalue weighted by molar-refractivity contribution is 7.92. The molecule has 27 heavy (non-hydrogen) atoms. The van der Waals surface area contributed by atoms with E-state index in [1.54, 1.807) is 0 Å². The summed E-state index contributed by atoms with van der Waals surface area (Å²) in [6.45, 7) is 1.44. The van der Waals surface area contributed by atoms with Gasteiger partial charge in [-0.1, -0.05) is 43.3 Å². The summed E-state index contributed by atoms with van der Waals surface area (Å²) in [4.78, 5) is 22.8. The molecule has 0 fully saturated rings. The first-order valence-electron chi connectivity index (χ1n) is 8.29. The molecule has 0 aromatic heterocycles. The van der Waals surface area contributed by atoms with Crippen molar-refractivity contribution in [2.24, 2.45) is 0 Å². The Morgan fingerprint density at radius 1 is 1.19 bits per heavy atom. The van der Waals surface area contributed by atoms with Gasteiger partial charge in [0.05, 0.1) is 22.9 Å². The van der Waals surface area contributed by atoms with Crippen molar-refractivity contribution < 1.29 is 18.1 Å². The van der Waals surface area contributed by atoms with Gasteiger partial charge in [-0.3, -0.25) is 19.2 Å². The highest BCUT2D eigenvalue weighted by Crippen LogP contribution is 2.23. The van der Waals surface area contributed by atoms with Gasteiger partial charge in [-0.05, 0) is 18.1 Å². The molecule has 8 nitrogen and oxygen atoms in total. The zero-order valence-electron chi connectivity index (χ0n) is 15.0. The largest absolute Gasteiger partial charge is 0.348 e. The van der Waals surface area contributed by atoms with Gasteiger partial charge in [0.1, 0.15) is 6.54 Å². The maximum Gasteiger partial charge on any atom is 0.271 e. The summed E-state index contributed by atoms with van der Waals surface area (Å²) >= 11 is 0. The van der Waals surface area contributed by atoms with E-state index in [4.69, 9.17) is 0 Å². The number of rotatable bonds is 8. The molecule has 0 saturated heterocycles. The fourth-order valence-corrected chi connectivity index (χ4v) is 3.49. The van der Waals surface area contributed by atoms with Crippen LogP contribution in [0.15, 0.2) is 54.6 Å². The first-order valence-corrected chi connectivity index (χ1v) is 10.1. The van der Waals surface area contributed by atoms with Crippen LogP contribution in [-0.4, -0.2) is 32.0 Å². The van der Waals surface area contributed by atoms with Crippen LogP contribution in [0.1, 0.15) is 24.9 Å². The number of nitro benzene ring substituents is 1. The van der Waals surface area contributed by atoms with Gasteiger partial charge in [-0.15, -0.1) is 0 Å². The third kappa shape index (κ3) is 5.52. The summed E-state index contributed by atoms with van der Waals surface area (Å²) in [7, 11) is -3.81. The fourth-order valence-electron chi connectivity index (χ4n) is 2.64. The van der Waals surface area contributed by atoms with E-state index in [-0.39, 0.29) is 17.4 Å². The molecule has 2 aromatic rings. The number of nitrogens with zero attached hydrogens (tertiary/aromatic N) is 2. The zero-order valence-corrected chi connectivity index (χ0v) is 15.8. The van der Waals surface area contributed by atoms with Crippen molar-refractivity contribution in [3.8, 4) is 0 Å². The molecule has 0 saturated carbocycles. The van der Waals surface area contributed by atoms with Crippen LogP contribution < -0.4 is 9.62 Å². The molecular weight excluding hydrogens is 370 g/mol. The van der Waals surface area contributed by atoms with E-state index in [2.05, 4.69) is 5.32 Å². The Kier molecular flexibility index (Phi) is 6.51. The average molecular weight is 391 g/mol. The third-order valence-corrected chi connectivity index (χ3v) is 5.10. The highest BCUT2D eigenvalue weighted by Gasteiger charge is 2.23. The van der Waals surface area contributed by atoms with E-state index < -0.39 is 27.4 Å².